The molecule has 0 aliphatic heterocycles. The minimum atomic E-state index is -0.751. The van der Waals surface area contributed by atoms with Gasteiger partial charge in [-0.15, -0.1) is 5.73 Å². The number of aliphatic hydroxyl groups is 1. The molecule has 0 heterocycles. The number of aliphatic hydroxyl groups excluding tert-OH is 1. The fourth-order valence-electron chi connectivity index (χ4n) is 1.45. The van der Waals surface area contributed by atoms with E-state index in [1.807, 2.05) is 30.3 Å². The highest BCUT2D eigenvalue weighted by atomic mass is 16.3. The summed E-state index contributed by atoms with van der Waals surface area (Å²) in [7, 11) is 0. The average Bonchev–Trinajstić information content (AvgIpc) is 2.38. The first-order valence-corrected chi connectivity index (χ1v) is 5.91. The zero-order valence-corrected chi connectivity index (χ0v) is 10.2. The summed E-state index contributed by atoms with van der Waals surface area (Å²) < 4.78 is 0. The Morgan fingerprint density at radius 3 is 2.65 bits per heavy atom. The minimum absolute atomic E-state index is 0.751. The van der Waals surface area contributed by atoms with Crippen LogP contribution in [0.1, 0.15) is 31.7 Å². The second-order valence-electron chi connectivity index (χ2n) is 3.84. The summed E-state index contributed by atoms with van der Waals surface area (Å²) in [5, 5.41) is 9.88. The number of benzene rings is 1. The van der Waals surface area contributed by atoms with Crippen molar-refractivity contribution in [3.05, 3.63) is 53.8 Å². The highest BCUT2D eigenvalue weighted by Gasteiger charge is 2.05. The predicted octanol–water partition coefficient (Wildman–Crippen LogP) is 3.30. The van der Waals surface area contributed by atoms with Crippen LogP contribution in [0.15, 0.2) is 48.2 Å². The van der Waals surface area contributed by atoms with Crippen molar-refractivity contribution in [2.75, 3.05) is 0 Å². The third-order valence-corrected chi connectivity index (χ3v) is 2.48. The quantitative estimate of drug-likeness (QED) is 0.617. The summed E-state index contributed by atoms with van der Waals surface area (Å²) in [5.41, 5.74) is 4.48. The van der Waals surface area contributed by atoms with Crippen molar-refractivity contribution in [1.29, 1.82) is 0 Å². The van der Waals surface area contributed by atoms with E-state index >= 15 is 0 Å². The molecule has 17 heavy (non-hydrogen) atoms. The second kappa shape index (κ2) is 7.52. The molecule has 0 unspecified atom stereocenters. The van der Waals surface area contributed by atoms with Crippen molar-refractivity contribution in [2.24, 2.45) is 0 Å². The molecule has 0 amide bonds. The third-order valence-electron chi connectivity index (χ3n) is 2.48. The van der Waals surface area contributed by atoms with Crippen LogP contribution in [-0.2, 0) is 0 Å². The number of unbranched alkanes of at least 4 members (excludes halogenated alkanes) is 1. The van der Waals surface area contributed by atoms with Crippen LogP contribution in [0.3, 0.4) is 0 Å². The molecule has 0 aliphatic carbocycles. The van der Waals surface area contributed by atoms with Crippen molar-refractivity contribution < 1.29 is 5.11 Å². The standard InChI is InChI=1S/C16H18O/c1-3-5-11-15(4-2)16(17)13-12-14-9-7-6-8-10-14/h6-10,16-17H,2-3,5,11H2,1H3/t16-/m1/s1. The smallest absolute Gasteiger partial charge is 0.143 e. The first-order valence-electron chi connectivity index (χ1n) is 5.91. The largest absolute Gasteiger partial charge is 0.376 e. The lowest BCUT2D eigenvalue weighted by atomic mass is 10.0. The number of hydrogen-bond donors (Lipinski definition) is 1. The zero-order chi connectivity index (χ0) is 12.5. The van der Waals surface area contributed by atoms with Crippen molar-refractivity contribution in [1.82, 2.24) is 0 Å². The van der Waals surface area contributed by atoms with Crippen molar-refractivity contribution in [2.45, 2.75) is 32.3 Å². The summed E-state index contributed by atoms with van der Waals surface area (Å²) >= 11 is 0. The maximum atomic E-state index is 9.88. The van der Waals surface area contributed by atoms with Gasteiger partial charge >= 0.3 is 0 Å². The lowest BCUT2D eigenvalue weighted by Crippen LogP contribution is -2.06. The molecule has 0 radical (unpaired) electrons. The topological polar surface area (TPSA) is 20.2 Å². The van der Waals surface area contributed by atoms with Gasteiger partial charge in [-0.1, -0.05) is 50.0 Å². The van der Waals surface area contributed by atoms with Crippen LogP contribution in [-0.4, -0.2) is 11.2 Å². The van der Waals surface area contributed by atoms with Crippen molar-refractivity contribution in [3.8, 4) is 11.8 Å². The molecule has 0 saturated heterocycles. The Labute approximate surface area is 103 Å². The summed E-state index contributed by atoms with van der Waals surface area (Å²) in [6.45, 7) is 5.71. The molecular formula is C16H18O. The van der Waals surface area contributed by atoms with Crippen LogP contribution < -0.4 is 0 Å². The van der Waals surface area contributed by atoms with Crippen LogP contribution in [0.2, 0.25) is 0 Å². The van der Waals surface area contributed by atoms with E-state index in [9.17, 15) is 5.11 Å². The molecule has 0 bridgehead atoms. The number of rotatable bonds is 4. The first kappa shape index (κ1) is 13.3. The highest BCUT2D eigenvalue weighted by Crippen LogP contribution is 2.10. The van der Waals surface area contributed by atoms with Gasteiger partial charge in [-0.3, -0.25) is 0 Å². The maximum absolute atomic E-state index is 9.88. The maximum Gasteiger partial charge on any atom is 0.143 e. The molecule has 0 aliphatic rings. The van der Waals surface area contributed by atoms with Crippen LogP contribution in [0.25, 0.3) is 0 Å². The second-order valence-corrected chi connectivity index (χ2v) is 3.84. The Morgan fingerprint density at radius 2 is 2.06 bits per heavy atom. The van der Waals surface area contributed by atoms with Gasteiger partial charge in [0.25, 0.3) is 0 Å². The van der Waals surface area contributed by atoms with Gasteiger partial charge in [0.2, 0.25) is 0 Å². The number of hydrogen-bond acceptors (Lipinski definition) is 1. The fourth-order valence-corrected chi connectivity index (χ4v) is 1.45. The molecule has 0 spiro atoms. The van der Waals surface area contributed by atoms with Crippen molar-refractivity contribution >= 4 is 0 Å². The van der Waals surface area contributed by atoms with E-state index < -0.39 is 6.10 Å². The van der Waals surface area contributed by atoms with Crippen molar-refractivity contribution in [3.63, 3.8) is 0 Å². The molecule has 0 saturated carbocycles. The van der Waals surface area contributed by atoms with Crippen LogP contribution in [0.5, 0.6) is 0 Å². The van der Waals surface area contributed by atoms with Gasteiger partial charge in [0.1, 0.15) is 6.10 Å². The van der Waals surface area contributed by atoms with Crippen LogP contribution >= 0.6 is 0 Å². The van der Waals surface area contributed by atoms with Gasteiger partial charge < -0.3 is 5.11 Å². The van der Waals surface area contributed by atoms with Gasteiger partial charge in [-0.2, -0.15) is 0 Å². The summed E-state index contributed by atoms with van der Waals surface area (Å²) in [6, 6.07) is 9.64. The normalized spacial score (nSPS) is 10.9. The third kappa shape index (κ3) is 4.74. The average molecular weight is 226 g/mol. The Hall–Kier alpha value is -1.74. The molecule has 1 rings (SSSR count). The van der Waals surface area contributed by atoms with E-state index in [0.717, 1.165) is 30.4 Å². The molecule has 1 heteroatoms. The fraction of sp³-hybridized carbons (Fsp3) is 0.312. The summed E-state index contributed by atoms with van der Waals surface area (Å²) in [4.78, 5) is 0. The van der Waals surface area contributed by atoms with Gasteiger partial charge in [-0.25, -0.2) is 0 Å². The highest BCUT2D eigenvalue weighted by molar-refractivity contribution is 5.36. The molecule has 1 nitrogen and oxygen atoms in total. The summed E-state index contributed by atoms with van der Waals surface area (Å²) in [5.74, 6) is 5.77. The molecule has 1 aromatic carbocycles. The Bertz CT molecular complexity index is 441. The van der Waals surface area contributed by atoms with Gasteiger partial charge in [0.05, 0.1) is 0 Å². The van der Waals surface area contributed by atoms with Gasteiger partial charge in [0, 0.05) is 11.1 Å². The molecular weight excluding hydrogens is 208 g/mol. The SMILES string of the molecule is C=C=C(CCCC)[C@H](O)C#Cc1ccccc1. The lowest BCUT2D eigenvalue weighted by Gasteiger charge is -2.05. The Morgan fingerprint density at radius 1 is 1.35 bits per heavy atom. The monoisotopic (exact) mass is 226 g/mol. The van der Waals surface area contributed by atoms with E-state index in [0.29, 0.717) is 0 Å². The Balaban J connectivity index is 2.68. The Kier molecular flexibility index (Phi) is 5.89. The molecule has 0 aromatic heterocycles. The molecule has 88 valence electrons. The van der Waals surface area contributed by atoms with Gasteiger partial charge in [-0.05, 0) is 25.0 Å². The first-order chi connectivity index (χ1) is 8.27. The molecule has 1 N–H and O–H groups in total. The van der Waals surface area contributed by atoms with Gasteiger partial charge in [0.15, 0.2) is 0 Å². The minimum Gasteiger partial charge on any atom is -0.376 e. The molecule has 0 fully saturated rings. The summed E-state index contributed by atoms with van der Waals surface area (Å²) in [6.07, 6.45) is 2.18. The van der Waals surface area contributed by atoms with Crippen LogP contribution in [0, 0.1) is 11.8 Å². The van der Waals surface area contributed by atoms with E-state index in [1.54, 1.807) is 0 Å². The zero-order valence-electron chi connectivity index (χ0n) is 10.2. The molecule has 1 atom stereocenters. The van der Waals surface area contributed by atoms with Crippen LogP contribution in [0.4, 0.5) is 0 Å². The van der Waals surface area contributed by atoms with E-state index in [-0.39, 0.29) is 0 Å². The van der Waals surface area contributed by atoms with E-state index in [2.05, 4.69) is 31.1 Å². The van der Waals surface area contributed by atoms with E-state index in [1.165, 1.54) is 0 Å². The predicted molar refractivity (Wildman–Crippen MR) is 71.5 cm³/mol. The molecule has 1 aromatic rings. The van der Waals surface area contributed by atoms with E-state index in [4.69, 9.17) is 0 Å². The lowest BCUT2D eigenvalue weighted by molar-refractivity contribution is 0.263.